The molecule has 1 heterocycles. The van der Waals surface area contributed by atoms with Crippen LogP contribution in [0.5, 0.6) is 0 Å². The molecule has 0 unspecified atom stereocenters. The van der Waals surface area contributed by atoms with Gasteiger partial charge in [0.1, 0.15) is 0 Å². The zero-order valence-electron chi connectivity index (χ0n) is 15.3. The second-order valence-electron chi connectivity index (χ2n) is 7.14. The van der Waals surface area contributed by atoms with Gasteiger partial charge in [-0.05, 0) is 50.7 Å². The summed E-state index contributed by atoms with van der Waals surface area (Å²) < 4.78 is 5.75. The van der Waals surface area contributed by atoms with Gasteiger partial charge >= 0.3 is 0 Å². The maximum Gasteiger partial charge on any atom is 0.193 e. The molecule has 24 heavy (non-hydrogen) atoms. The lowest BCUT2D eigenvalue weighted by Gasteiger charge is -2.34. The van der Waals surface area contributed by atoms with Gasteiger partial charge in [0.05, 0.1) is 6.10 Å². The van der Waals surface area contributed by atoms with Gasteiger partial charge in [-0.15, -0.1) is 0 Å². The standard InChI is InChI=1S/C20H31N3O/c1-4-24-17-9-13-23(14-10-17)19(21-3)22-15-20(11-12-20)18-8-6-5-7-16(18)2/h5-8,17H,4,9-15H2,1-3H3,(H,21,22). The first-order chi connectivity index (χ1) is 11.7. The van der Waals surface area contributed by atoms with E-state index in [4.69, 9.17) is 4.74 Å². The Morgan fingerprint density at radius 3 is 2.58 bits per heavy atom. The third kappa shape index (κ3) is 3.75. The summed E-state index contributed by atoms with van der Waals surface area (Å²) >= 11 is 0. The first-order valence-corrected chi connectivity index (χ1v) is 9.32. The molecule has 132 valence electrons. The Kier molecular flexibility index (Phi) is 5.44. The molecule has 0 radical (unpaired) electrons. The van der Waals surface area contributed by atoms with Crippen molar-refractivity contribution in [2.75, 3.05) is 33.3 Å². The van der Waals surface area contributed by atoms with Gasteiger partial charge < -0.3 is 15.0 Å². The zero-order valence-corrected chi connectivity index (χ0v) is 15.3. The first kappa shape index (κ1) is 17.3. The van der Waals surface area contributed by atoms with Gasteiger partial charge in [0.25, 0.3) is 0 Å². The van der Waals surface area contributed by atoms with Crippen molar-refractivity contribution < 1.29 is 4.74 Å². The molecule has 1 aromatic carbocycles. The lowest BCUT2D eigenvalue weighted by Crippen LogP contribution is -2.48. The van der Waals surface area contributed by atoms with Crippen molar-refractivity contribution in [3.05, 3.63) is 35.4 Å². The molecule has 1 saturated carbocycles. The molecule has 2 fully saturated rings. The minimum absolute atomic E-state index is 0.310. The number of aryl methyl sites for hydroxylation is 1. The molecule has 0 bridgehead atoms. The Morgan fingerprint density at radius 1 is 1.29 bits per heavy atom. The molecule has 0 amide bonds. The third-order valence-electron chi connectivity index (χ3n) is 5.51. The Bertz CT molecular complexity index is 572. The van der Waals surface area contributed by atoms with E-state index in [0.717, 1.165) is 45.0 Å². The SMILES string of the molecule is CCOC1CCN(C(=NC)NCC2(c3ccccc3C)CC2)CC1. The van der Waals surface area contributed by atoms with E-state index < -0.39 is 0 Å². The minimum Gasteiger partial charge on any atom is -0.378 e. The Labute approximate surface area is 146 Å². The van der Waals surface area contributed by atoms with E-state index in [1.54, 1.807) is 0 Å². The highest BCUT2D eigenvalue weighted by Crippen LogP contribution is 2.48. The molecule has 4 heteroatoms. The molecule has 3 rings (SSSR count). The number of rotatable bonds is 5. The summed E-state index contributed by atoms with van der Waals surface area (Å²) in [6.07, 6.45) is 5.16. The van der Waals surface area contributed by atoms with Crippen LogP contribution in [-0.2, 0) is 10.2 Å². The molecule has 0 aromatic heterocycles. The zero-order chi connectivity index (χ0) is 17.0. The average molecular weight is 329 g/mol. The summed E-state index contributed by atoms with van der Waals surface area (Å²) in [5.74, 6) is 1.05. The fourth-order valence-corrected chi connectivity index (χ4v) is 3.91. The van der Waals surface area contributed by atoms with Crippen molar-refractivity contribution in [2.45, 2.75) is 51.0 Å². The lowest BCUT2D eigenvalue weighted by atomic mass is 9.92. The molecule has 2 aliphatic rings. The van der Waals surface area contributed by atoms with E-state index in [0.29, 0.717) is 11.5 Å². The minimum atomic E-state index is 0.310. The van der Waals surface area contributed by atoms with Crippen molar-refractivity contribution in [1.82, 2.24) is 10.2 Å². The van der Waals surface area contributed by atoms with Crippen LogP contribution in [0.3, 0.4) is 0 Å². The predicted octanol–water partition coefficient (Wildman–Crippen LogP) is 3.10. The largest absolute Gasteiger partial charge is 0.378 e. The van der Waals surface area contributed by atoms with Crippen LogP contribution in [-0.4, -0.2) is 50.3 Å². The van der Waals surface area contributed by atoms with Gasteiger partial charge in [0, 0.05) is 38.7 Å². The molecule has 0 spiro atoms. The quantitative estimate of drug-likeness (QED) is 0.666. The van der Waals surface area contributed by atoms with Crippen molar-refractivity contribution >= 4 is 5.96 Å². The van der Waals surface area contributed by atoms with Crippen LogP contribution in [0.25, 0.3) is 0 Å². The maximum absolute atomic E-state index is 5.75. The van der Waals surface area contributed by atoms with Gasteiger partial charge in [-0.2, -0.15) is 0 Å². The fourth-order valence-electron chi connectivity index (χ4n) is 3.91. The van der Waals surface area contributed by atoms with Crippen LogP contribution in [0.15, 0.2) is 29.3 Å². The fraction of sp³-hybridized carbons (Fsp3) is 0.650. The lowest BCUT2D eigenvalue weighted by molar-refractivity contribution is 0.0263. The molecular formula is C20H31N3O. The number of guanidine groups is 1. The summed E-state index contributed by atoms with van der Waals surface area (Å²) in [6, 6.07) is 8.81. The van der Waals surface area contributed by atoms with Crippen LogP contribution in [0, 0.1) is 6.92 Å². The maximum atomic E-state index is 5.75. The number of nitrogens with one attached hydrogen (secondary N) is 1. The van der Waals surface area contributed by atoms with Gasteiger partial charge in [-0.25, -0.2) is 0 Å². The van der Waals surface area contributed by atoms with Crippen LogP contribution < -0.4 is 5.32 Å². The van der Waals surface area contributed by atoms with Crippen molar-refractivity contribution in [3.63, 3.8) is 0 Å². The highest BCUT2D eigenvalue weighted by Gasteiger charge is 2.45. The normalized spacial score (nSPS) is 21.0. The summed E-state index contributed by atoms with van der Waals surface area (Å²) in [5, 5.41) is 3.65. The molecular weight excluding hydrogens is 298 g/mol. The number of nitrogens with zero attached hydrogens (tertiary/aromatic N) is 2. The molecule has 1 N–H and O–H groups in total. The van der Waals surface area contributed by atoms with Crippen LogP contribution in [0.4, 0.5) is 0 Å². The molecule has 4 nitrogen and oxygen atoms in total. The van der Waals surface area contributed by atoms with Gasteiger partial charge in [-0.1, -0.05) is 24.3 Å². The number of ether oxygens (including phenoxy) is 1. The van der Waals surface area contributed by atoms with Crippen LogP contribution in [0.1, 0.15) is 43.7 Å². The second-order valence-corrected chi connectivity index (χ2v) is 7.14. The average Bonchev–Trinajstić information content (AvgIpc) is 3.38. The number of aliphatic imine (C=N–C) groups is 1. The smallest absolute Gasteiger partial charge is 0.193 e. The number of piperidine rings is 1. The topological polar surface area (TPSA) is 36.9 Å². The van der Waals surface area contributed by atoms with Crippen LogP contribution in [0.2, 0.25) is 0 Å². The Hall–Kier alpha value is -1.55. The molecule has 0 atom stereocenters. The van der Waals surface area contributed by atoms with E-state index in [-0.39, 0.29) is 0 Å². The van der Waals surface area contributed by atoms with E-state index in [1.165, 1.54) is 24.0 Å². The molecule has 1 saturated heterocycles. The summed E-state index contributed by atoms with van der Waals surface area (Å²) in [5.41, 5.74) is 3.22. The number of hydrogen-bond donors (Lipinski definition) is 1. The van der Waals surface area contributed by atoms with Crippen molar-refractivity contribution in [1.29, 1.82) is 0 Å². The van der Waals surface area contributed by atoms with Gasteiger partial charge in [-0.3, -0.25) is 4.99 Å². The highest BCUT2D eigenvalue weighted by molar-refractivity contribution is 5.80. The first-order valence-electron chi connectivity index (χ1n) is 9.32. The van der Waals surface area contributed by atoms with E-state index in [1.807, 2.05) is 7.05 Å². The van der Waals surface area contributed by atoms with E-state index in [2.05, 4.69) is 53.3 Å². The summed E-state index contributed by atoms with van der Waals surface area (Å²) in [7, 11) is 1.89. The Balaban J connectivity index is 1.57. The predicted molar refractivity (Wildman–Crippen MR) is 99.7 cm³/mol. The van der Waals surface area contributed by atoms with E-state index >= 15 is 0 Å². The molecule has 1 aliphatic heterocycles. The number of likely N-dealkylation sites (tertiary alicyclic amines) is 1. The summed E-state index contributed by atoms with van der Waals surface area (Å²) in [4.78, 5) is 6.90. The van der Waals surface area contributed by atoms with Crippen molar-refractivity contribution in [2.24, 2.45) is 4.99 Å². The highest BCUT2D eigenvalue weighted by atomic mass is 16.5. The Morgan fingerprint density at radius 2 is 2.00 bits per heavy atom. The molecule has 1 aromatic rings. The van der Waals surface area contributed by atoms with Crippen LogP contribution >= 0.6 is 0 Å². The second kappa shape index (κ2) is 7.56. The van der Waals surface area contributed by atoms with Gasteiger partial charge in [0.15, 0.2) is 5.96 Å². The number of hydrogen-bond acceptors (Lipinski definition) is 2. The monoisotopic (exact) mass is 329 g/mol. The third-order valence-corrected chi connectivity index (χ3v) is 5.51. The van der Waals surface area contributed by atoms with E-state index in [9.17, 15) is 0 Å². The van der Waals surface area contributed by atoms with Gasteiger partial charge in [0.2, 0.25) is 0 Å². The molecule has 1 aliphatic carbocycles. The van der Waals surface area contributed by atoms with Crippen molar-refractivity contribution in [3.8, 4) is 0 Å². The number of benzene rings is 1. The summed E-state index contributed by atoms with van der Waals surface area (Å²) in [6.45, 7) is 8.16.